The van der Waals surface area contributed by atoms with Gasteiger partial charge in [-0.25, -0.2) is 4.79 Å². The first-order valence-electron chi connectivity index (χ1n) is 5.54. The van der Waals surface area contributed by atoms with E-state index in [1.807, 2.05) is 0 Å². The smallest absolute Gasteiger partial charge is 0.351 e. The average Bonchev–Trinajstić information content (AvgIpc) is 2.63. The molecule has 1 aliphatic rings. The second-order valence-corrected chi connectivity index (χ2v) is 5.00. The van der Waals surface area contributed by atoms with Crippen molar-refractivity contribution in [3.8, 4) is 11.3 Å². The number of nitrogens with two attached hydrogens (primary N) is 1. The minimum absolute atomic E-state index is 0.0344. The molecule has 20 heavy (non-hydrogen) atoms. The maximum absolute atomic E-state index is 11.8. The van der Waals surface area contributed by atoms with Crippen LogP contribution in [0.2, 0.25) is 0 Å². The molecule has 0 aliphatic carbocycles. The highest BCUT2D eigenvalue weighted by Crippen LogP contribution is 2.42. The molecule has 7 nitrogen and oxygen atoms in total. The molecule has 1 aromatic heterocycles. The van der Waals surface area contributed by atoms with E-state index in [2.05, 4.69) is 16.3 Å². The SMILES string of the molecule is Nc1ccn([C@@H]2O[C@H](CO)[C@H](O)C2(Cl)C#CCl)c(=O)n1. The second kappa shape index (κ2) is 5.60. The van der Waals surface area contributed by atoms with Gasteiger partial charge in [-0.1, -0.05) is 17.5 Å². The summed E-state index contributed by atoms with van der Waals surface area (Å²) in [6.45, 7) is -0.493. The predicted octanol–water partition coefficient (Wildman–Crippen LogP) is -0.747. The molecule has 108 valence electrons. The molecule has 4 atom stereocenters. The Morgan fingerprint density at radius 2 is 2.35 bits per heavy atom. The molecule has 4 N–H and O–H groups in total. The Balaban J connectivity index is 2.52. The van der Waals surface area contributed by atoms with Gasteiger partial charge >= 0.3 is 5.69 Å². The van der Waals surface area contributed by atoms with Crippen molar-refractivity contribution in [3.05, 3.63) is 22.7 Å². The minimum Gasteiger partial charge on any atom is -0.394 e. The summed E-state index contributed by atoms with van der Waals surface area (Å²) >= 11 is 11.6. The highest BCUT2D eigenvalue weighted by atomic mass is 35.5. The third-order valence-corrected chi connectivity index (χ3v) is 3.57. The highest BCUT2D eigenvalue weighted by Gasteiger charge is 2.55. The molecule has 0 amide bonds. The van der Waals surface area contributed by atoms with Gasteiger partial charge in [-0.3, -0.25) is 4.57 Å². The quantitative estimate of drug-likeness (QED) is 0.489. The van der Waals surface area contributed by atoms with E-state index in [-0.39, 0.29) is 5.82 Å². The van der Waals surface area contributed by atoms with Crippen LogP contribution in [0.3, 0.4) is 0 Å². The number of aromatic nitrogens is 2. The van der Waals surface area contributed by atoms with E-state index < -0.39 is 35.6 Å². The summed E-state index contributed by atoms with van der Waals surface area (Å²) in [6.07, 6.45) is -2.19. The number of aliphatic hydroxyl groups is 2. The van der Waals surface area contributed by atoms with Crippen LogP contribution in [-0.4, -0.2) is 43.5 Å². The highest BCUT2D eigenvalue weighted by molar-refractivity contribution is 6.32. The summed E-state index contributed by atoms with van der Waals surface area (Å²) in [5.41, 5.74) is 4.68. The molecular weight excluding hydrogens is 309 g/mol. The van der Waals surface area contributed by atoms with Gasteiger partial charge < -0.3 is 20.7 Å². The average molecular weight is 320 g/mol. The summed E-state index contributed by atoms with van der Waals surface area (Å²) in [5, 5.41) is 21.3. The lowest BCUT2D eigenvalue weighted by atomic mass is 9.99. The molecule has 1 unspecified atom stereocenters. The first kappa shape index (κ1) is 15.1. The molecule has 0 radical (unpaired) electrons. The fourth-order valence-corrected chi connectivity index (χ4v) is 2.53. The molecule has 0 spiro atoms. The summed E-state index contributed by atoms with van der Waals surface area (Å²) in [6, 6.07) is 1.37. The van der Waals surface area contributed by atoms with Gasteiger partial charge in [-0.2, -0.15) is 4.98 Å². The van der Waals surface area contributed by atoms with E-state index in [4.69, 9.17) is 38.8 Å². The molecule has 1 aromatic rings. The molecule has 0 saturated carbocycles. The Morgan fingerprint density at radius 1 is 1.65 bits per heavy atom. The van der Waals surface area contributed by atoms with Gasteiger partial charge in [0.05, 0.1) is 6.61 Å². The number of nitrogens with zero attached hydrogens (tertiary/aromatic N) is 2. The van der Waals surface area contributed by atoms with Gasteiger partial charge in [0, 0.05) is 11.6 Å². The van der Waals surface area contributed by atoms with Crippen molar-refractivity contribution in [1.82, 2.24) is 9.55 Å². The maximum atomic E-state index is 11.8. The van der Waals surface area contributed by atoms with E-state index in [0.29, 0.717) is 0 Å². The molecule has 1 saturated heterocycles. The fraction of sp³-hybridized carbons (Fsp3) is 0.455. The van der Waals surface area contributed by atoms with Crippen LogP contribution in [-0.2, 0) is 4.74 Å². The molecule has 2 rings (SSSR count). The molecule has 2 heterocycles. The first-order chi connectivity index (χ1) is 9.43. The number of nitrogen functional groups attached to an aromatic ring is 1. The number of ether oxygens (including phenoxy) is 1. The van der Waals surface area contributed by atoms with Gasteiger partial charge in [-0.15, -0.1) is 0 Å². The van der Waals surface area contributed by atoms with Crippen molar-refractivity contribution in [1.29, 1.82) is 0 Å². The van der Waals surface area contributed by atoms with Crippen molar-refractivity contribution in [2.45, 2.75) is 23.3 Å². The molecule has 1 fully saturated rings. The Kier molecular flexibility index (Phi) is 4.22. The van der Waals surface area contributed by atoms with E-state index in [0.717, 1.165) is 4.57 Å². The van der Waals surface area contributed by atoms with E-state index >= 15 is 0 Å². The van der Waals surface area contributed by atoms with Gasteiger partial charge in [0.2, 0.25) is 0 Å². The van der Waals surface area contributed by atoms with E-state index in [9.17, 15) is 9.90 Å². The standard InChI is InChI=1S/C11H11Cl2N3O4/c12-3-2-11(13)8(18)6(5-17)20-9(11)16-4-1-7(14)15-10(16)19/h1,4,6,8-9,17-18H,5H2,(H2,14,15,19)/t6-,8+,9-,11?/m1/s1. The Labute approximate surface area is 123 Å². The lowest BCUT2D eigenvalue weighted by Gasteiger charge is -2.25. The van der Waals surface area contributed by atoms with Crippen LogP contribution in [0, 0.1) is 11.3 Å². The summed E-state index contributed by atoms with van der Waals surface area (Å²) in [5.74, 6) is 2.44. The van der Waals surface area contributed by atoms with E-state index in [1.165, 1.54) is 12.3 Å². The Bertz CT molecular complexity index is 626. The monoisotopic (exact) mass is 319 g/mol. The summed E-state index contributed by atoms with van der Waals surface area (Å²) in [4.78, 5) is 13.7. The Morgan fingerprint density at radius 3 is 2.90 bits per heavy atom. The van der Waals surface area contributed by atoms with Gasteiger partial charge in [0.1, 0.15) is 18.0 Å². The second-order valence-electron chi connectivity index (χ2n) is 4.18. The van der Waals surface area contributed by atoms with Crippen LogP contribution in [0.15, 0.2) is 17.1 Å². The predicted molar refractivity (Wildman–Crippen MR) is 72.1 cm³/mol. The molecule has 0 bridgehead atoms. The lowest BCUT2D eigenvalue weighted by molar-refractivity contribution is -0.0464. The van der Waals surface area contributed by atoms with Crippen molar-refractivity contribution < 1.29 is 14.9 Å². The lowest BCUT2D eigenvalue weighted by Crippen LogP contribution is -2.43. The number of alkyl halides is 1. The van der Waals surface area contributed by atoms with Crippen LogP contribution in [0.1, 0.15) is 6.23 Å². The number of hydrogen-bond donors (Lipinski definition) is 3. The number of rotatable bonds is 2. The first-order valence-corrected chi connectivity index (χ1v) is 6.30. The van der Waals surface area contributed by atoms with Crippen LogP contribution < -0.4 is 11.4 Å². The summed E-state index contributed by atoms with van der Waals surface area (Å²) < 4.78 is 6.42. The molecule has 0 aromatic carbocycles. The molecular formula is C11H11Cl2N3O4. The number of hydrogen-bond acceptors (Lipinski definition) is 6. The zero-order valence-electron chi connectivity index (χ0n) is 10.0. The van der Waals surface area contributed by atoms with Crippen molar-refractivity contribution in [2.75, 3.05) is 12.3 Å². The van der Waals surface area contributed by atoms with E-state index in [1.54, 1.807) is 0 Å². The minimum atomic E-state index is -1.68. The fourth-order valence-electron chi connectivity index (χ4n) is 1.98. The van der Waals surface area contributed by atoms with Crippen LogP contribution in [0.4, 0.5) is 5.82 Å². The molecule has 9 heteroatoms. The van der Waals surface area contributed by atoms with Gasteiger partial charge in [-0.05, 0) is 17.7 Å². The van der Waals surface area contributed by atoms with Crippen LogP contribution in [0.25, 0.3) is 0 Å². The van der Waals surface area contributed by atoms with Crippen molar-refractivity contribution in [3.63, 3.8) is 0 Å². The zero-order chi connectivity index (χ0) is 14.9. The number of anilines is 1. The Hall–Kier alpha value is -1.30. The topological polar surface area (TPSA) is 111 Å². The van der Waals surface area contributed by atoms with Crippen LogP contribution >= 0.6 is 23.2 Å². The number of halogens is 2. The molecule has 1 aliphatic heterocycles. The third kappa shape index (κ3) is 2.37. The van der Waals surface area contributed by atoms with Crippen molar-refractivity contribution >= 4 is 29.0 Å². The van der Waals surface area contributed by atoms with Gasteiger partial charge in [0.25, 0.3) is 0 Å². The third-order valence-electron chi connectivity index (χ3n) is 2.97. The van der Waals surface area contributed by atoms with Gasteiger partial charge in [0.15, 0.2) is 11.1 Å². The van der Waals surface area contributed by atoms with Crippen molar-refractivity contribution in [2.24, 2.45) is 0 Å². The van der Waals surface area contributed by atoms with Crippen LogP contribution in [0.5, 0.6) is 0 Å². The maximum Gasteiger partial charge on any atom is 0.351 e. The largest absolute Gasteiger partial charge is 0.394 e. The zero-order valence-corrected chi connectivity index (χ0v) is 11.5. The number of aliphatic hydroxyl groups excluding tert-OH is 2. The normalized spacial score (nSPS) is 32.7. The summed E-state index contributed by atoms with van der Waals surface area (Å²) in [7, 11) is 0.